The summed E-state index contributed by atoms with van der Waals surface area (Å²) in [5.41, 5.74) is 1.25. The van der Waals surface area contributed by atoms with Crippen molar-refractivity contribution in [2.24, 2.45) is 0 Å². The van der Waals surface area contributed by atoms with Crippen molar-refractivity contribution in [1.29, 1.82) is 0 Å². The van der Waals surface area contributed by atoms with E-state index in [0.29, 0.717) is 0 Å². The number of benzene rings is 1. The van der Waals surface area contributed by atoms with Gasteiger partial charge in [0, 0.05) is 12.8 Å². The van der Waals surface area contributed by atoms with Gasteiger partial charge in [-0.25, -0.2) is 4.98 Å². The largest absolute Gasteiger partial charge is 0.263 e. The average Bonchev–Trinajstić information content (AvgIpc) is 2.68. The molecule has 0 saturated carbocycles. The fraction of sp³-hybridized carbons (Fsp3) is 0.333. The molecule has 15 heavy (non-hydrogen) atoms. The highest BCUT2D eigenvalue weighted by Gasteiger charge is 2.02. The van der Waals surface area contributed by atoms with Gasteiger partial charge >= 0.3 is 0 Å². The minimum Gasteiger partial charge on any atom is -0.263 e. The molecule has 0 spiro atoms. The summed E-state index contributed by atoms with van der Waals surface area (Å²) in [6.45, 7) is 2.14. The van der Waals surface area contributed by atoms with Gasteiger partial charge in [-0.1, -0.05) is 37.3 Å². The van der Waals surface area contributed by atoms with E-state index in [0.717, 1.165) is 30.9 Å². The van der Waals surface area contributed by atoms with Crippen LogP contribution in [0.4, 0.5) is 0 Å². The predicted octanol–water partition coefficient (Wildman–Crippen LogP) is 2.35. The maximum atomic E-state index is 4.43. The minimum absolute atomic E-state index is 0.807. The van der Waals surface area contributed by atoms with Gasteiger partial charge < -0.3 is 0 Å². The molecule has 0 fully saturated rings. The molecule has 1 heterocycles. The van der Waals surface area contributed by atoms with E-state index in [-0.39, 0.29) is 0 Å². The van der Waals surface area contributed by atoms with Gasteiger partial charge in [0.25, 0.3) is 0 Å². The summed E-state index contributed by atoms with van der Waals surface area (Å²) >= 11 is 0. The Balaban J connectivity index is 2.05. The standard InChI is InChI=1S/C12H15N3/c1-2-6-11-13-12(15-14-11)9-10-7-4-3-5-8-10/h3-5,7-8H,2,6,9H2,1H3,(H,13,14,15). The first-order valence-electron chi connectivity index (χ1n) is 5.32. The molecular formula is C12H15N3. The van der Waals surface area contributed by atoms with Crippen LogP contribution < -0.4 is 0 Å². The molecule has 78 valence electrons. The van der Waals surface area contributed by atoms with Crippen LogP contribution in [-0.4, -0.2) is 15.2 Å². The van der Waals surface area contributed by atoms with Gasteiger partial charge in [0.05, 0.1) is 0 Å². The Morgan fingerprint density at radius 1 is 1.20 bits per heavy atom. The zero-order valence-electron chi connectivity index (χ0n) is 8.90. The van der Waals surface area contributed by atoms with E-state index in [1.165, 1.54) is 5.56 Å². The van der Waals surface area contributed by atoms with E-state index in [1.807, 2.05) is 18.2 Å². The summed E-state index contributed by atoms with van der Waals surface area (Å²) in [5, 5.41) is 7.16. The molecule has 0 saturated heterocycles. The Labute approximate surface area is 89.6 Å². The highest BCUT2D eigenvalue weighted by Crippen LogP contribution is 2.05. The second kappa shape index (κ2) is 4.73. The van der Waals surface area contributed by atoms with Crippen LogP contribution in [0.25, 0.3) is 0 Å². The van der Waals surface area contributed by atoms with Crippen molar-refractivity contribution in [2.45, 2.75) is 26.2 Å². The van der Waals surface area contributed by atoms with Crippen LogP contribution in [0.2, 0.25) is 0 Å². The van der Waals surface area contributed by atoms with Crippen molar-refractivity contribution < 1.29 is 0 Å². The van der Waals surface area contributed by atoms with E-state index in [4.69, 9.17) is 0 Å². The molecule has 0 unspecified atom stereocenters. The molecular weight excluding hydrogens is 186 g/mol. The lowest BCUT2D eigenvalue weighted by Gasteiger charge is -1.94. The molecule has 0 aliphatic carbocycles. The number of nitrogens with one attached hydrogen (secondary N) is 1. The smallest absolute Gasteiger partial charge is 0.155 e. The Morgan fingerprint density at radius 2 is 2.00 bits per heavy atom. The van der Waals surface area contributed by atoms with Crippen molar-refractivity contribution in [3.8, 4) is 0 Å². The Bertz CT molecular complexity index is 406. The van der Waals surface area contributed by atoms with Gasteiger partial charge in [-0.15, -0.1) is 0 Å². The summed E-state index contributed by atoms with van der Waals surface area (Å²) in [6.07, 6.45) is 2.88. The van der Waals surface area contributed by atoms with Crippen LogP contribution in [0.15, 0.2) is 30.3 Å². The van der Waals surface area contributed by atoms with Gasteiger partial charge in [0.1, 0.15) is 5.82 Å². The monoisotopic (exact) mass is 201 g/mol. The van der Waals surface area contributed by atoms with Crippen molar-refractivity contribution in [2.75, 3.05) is 0 Å². The number of nitrogens with zero attached hydrogens (tertiary/aromatic N) is 2. The summed E-state index contributed by atoms with van der Waals surface area (Å²) in [4.78, 5) is 4.43. The molecule has 0 atom stereocenters. The lowest BCUT2D eigenvalue weighted by molar-refractivity contribution is 0.841. The van der Waals surface area contributed by atoms with E-state index < -0.39 is 0 Å². The van der Waals surface area contributed by atoms with Crippen molar-refractivity contribution in [3.05, 3.63) is 47.5 Å². The van der Waals surface area contributed by atoms with Crippen LogP contribution >= 0.6 is 0 Å². The second-order valence-electron chi connectivity index (χ2n) is 3.61. The second-order valence-corrected chi connectivity index (χ2v) is 3.61. The fourth-order valence-corrected chi connectivity index (χ4v) is 1.54. The highest BCUT2D eigenvalue weighted by molar-refractivity contribution is 5.18. The lowest BCUT2D eigenvalue weighted by Crippen LogP contribution is -1.90. The predicted molar refractivity (Wildman–Crippen MR) is 59.6 cm³/mol. The quantitative estimate of drug-likeness (QED) is 0.825. The maximum Gasteiger partial charge on any atom is 0.155 e. The number of aromatic nitrogens is 3. The summed E-state index contributed by atoms with van der Waals surface area (Å²) < 4.78 is 0. The number of rotatable bonds is 4. The van der Waals surface area contributed by atoms with Gasteiger partial charge in [-0.2, -0.15) is 5.10 Å². The van der Waals surface area contributed by atoms with E-state index in [2.05, 4.69) is 34.2 Å². The topological polar surface area (TPSA) is 41.6 Å². The van der Waals surface area contributed by atoms with Crippen LogP contribution in [0.5, 0.6) is 0 Å². The van der Waals surface area contributed by atoms with Crippen LogP contribution in [-0.2, 0) is 12.8 Å². The molecule has 1 N–H and O–H groups in total. The van der Waals surface area contributed by atoms with Crippen LogP contribution in [0.1, 0.15) is 30.6 Å². The molecule has 0 aliphatic rings. The zero-order chi connectivity index (χ0) is 10.5. The normalized spacial score (nSPS) is 10.5. The Morgan fingerprint density at radius 3 is 2.73 bits per heavy atom. The molecule has 0 amide bonds. The van der Waals surface area contributed by atoms with Crippen molar-refractivity contribution in [3.63, 3.8) is 0 Å². The maximum absolute atomic E-state index is 4.43. The summed E-state index contributed by atoms with van der Waals surface area (Å²) in [6, 6.07) is 10.3. The van der Waals surface area contributed by atoms with Gasteiger partial charge in [0.2, 0.25) is 0 Å². The average molecular weight is 201 g/mol. The molecule has 0 bridgehead atoms. The molecule has 2 rings (SSSR count). The van der Waals surface area contributed by atoms with Crippen LogP contribution in [0.3, 0.4) is 0 Å². The van der Waals surface area contributed by atoms with E-state index in [9.17, 15) is 0 Å². The Kier molecular flexibility index (Phi) is 3.12. The van der Waals surface area contributed by atoms with E-state index >= 15 is 0 Å². The highest BCUT2D eigenvalue weighted by atomic mass is 15.2. The summed E-state index contributed by atoms with van der Waals surface area (Å²) in [5.74, 6) is 1.87. The number of hydrogen-bond acceptors (Lipinski definition) is 2. The first-order valence-corrected chi connectivity index (χ1v) is 5.32. The number of hydrogen-bond donors (Lipinski definition) is 1. The van der Waals surface area contributed by atoms with Crippen molar-refractivity contribution in [1.82, 2.24) is 15.2 Å². The lowest BCUT2D eigenvalue weighted by atomic mass is 10.1. The molecule has 0 aliphatic heterocycles. The number of aryl methyl sites for hydroxylation is 1. The third kappa shape index (κ3) is 2.65. The SMILES string of the molecule is CCCc1nc(Cc2ccccc2)n[nH]1. The third-order valence-electron chi connectivity index (χ3n) is 2.27. The molecule has 1 aromatic carbocycles. The first-order chi connectivity index (χ1) is 7.38. The summed E-state index contributed by atoms with van der Waals surface area (Å²) in [7, 11) is 0. The first kappa shape index (κ1) is 9.90. The molecule has 3 heteroatoms. The van der Waals surface area contributed by atoms with Gasteiger partial charge in [-0.3, -0.25) is 5.10 Å². The van der Waals surface area contributed by atoms with Gasteiger partial charge in [0.15, 0.2) is 5.82 Å². The third-order valence-corrected chi connectivity index (χ3v) is 2.27. The van der Waals surface area contributed by atoms with E-state index in [1.54, 1.807) is 0 Å². The zero-order valence-corrected chi connectivity index (χ0v) is 8.90. The van der Waals surface area contributed by atoms with Crippen LogP contribution in [0, 0.1) is 0 Å². The molecule has 1 aromatic heterocycles. The van der Waals surface area contributed by atoms with Gasteiger partial charge in [-0.05, 0) is 12.0 Å². The molecule has 0 radical (unpaired) electrons. The fourth-order valence-electron chi connectivity index (χ4n) is 1.54. The molecule has 2 aromatic rings. The number of H-pyrrole nitrogens is 1. The minimum atomic E-state index is 0.807. The van der Waals surface area contributed by atoms with Crippen molar-refractivity contribution >= 4 is 0 Å². The number of aromatic amines is 1. The Hall–Kier alpha value is -1.64. The molecule has 3 nitrogen and oxygen atoms in total.